The molecule has 0 bridgehead atoms. The normalized spacial score (nSPS) is 18.0. The van der Waals surface area contributed by atoms with Crippen LogP contribution in [0.5, 0.6) is 5.75 Å². The molecule has 1 saturated carbocycles. The molecule has 0 aliphatic heterocycles. The number of aromatic nitrogens is 2. The van der Waals surface area contributed by atoms with E-state index in [4.69, 9.17) is 14.3 Å². The van der Waals surface area contributed by atoms with Gasteiger partial charge in [0.25, 0.3) is 0 Å². The molecule has 0 saturated heterocycles. The summed E-state index contributed by atoms with van der Waals surface area (Å²) < 4.78 is 10.7. The summed E-state index contributed by atoms with van der Waals surface area (Å²) >= 11 is 0. The van der Waals surface area contributed by atoms with Crippen LogP contribution in [0.3, 0.4) is 0 Å². The summed E-state index contributed by atoms with van der Waals surface area (Å²) in [6, 6.07) is 14.9. The predicted octanol–water partition coefficient (Wildman–Crippen LogP) is 4.43. The van der Waals surface area contributed by atoms with Gasteiger partial charge in [-0.1, -0.05) is 29.4 Å². The number of nitrogens with zero attached hydrogens (tertiary/aromatic N) is 2. The summed E-state index contributed by atoms with van der Waals surface area (Å²) in [5.41, 5.74) is 2.39. The molecule has 0 atom stereocenters. The number of aliphatic carboxylic acids is 1. The molecule has 3 aromatic rings. The lowest BCUT2D eigenvalue weighted by molar-refractivity contribution is -0.142. The Balaban J connectivity index is 1.35. The van der Waals surface area contributed by atoms with Crippen LogP contribution in [0.1, 0.15) is 47.8 Å². The molecule has 9 heteroatoms. The quantitative estimate of drug-likeness (QED) is 0.496. The van der Waals surface area contributed by atoms with E-state index in [2.05, 4.69) is 20.8 Å². The lowest BCUT2D eigenvalue weighted by Gasteiger charge is -2.26. The van der Waals surface area contributed by atoms with Gasteiger partial charge in [-0.2, -0.15) is 0 Å². The zero-order valence-electron chi connectivity index (χ0n) is 17.6. The zero-order valence-corrected chi connectivity index (χ0v) is 17.6. The summed E-state index contributed by atoms with van der Waals surface area (Å²) in [5, 5.41) is 22.5. The number of carboxylic acid groups (broad SMARTS) is 1. The van der Waals surface area contributed by atoms with E-state index in [0.717, 1.165) is 18.4 Å². The molecule has 32 heavy (non-hydrogen) atoms. The van der Waals surface area contributed by atoms with Crippen molar-refractivity contribution in [3.8, 4) is 5.75 Å². The standard InChI is InChI=1S/C23H24N4O5/c1-31-19-5-3-2-4-18(19)25-23-27-26-21(32-23)20(28)24-17-12-10-15(11-13-17)14-6-8-16(9-7-14)22(29)30/h2-5,10-14,16H,6-9H2,1H3,(H,24,28)(H,25,27)(H,29,30)/t14-,16-. The Hall–Kier alpha value is -3.88. The Morgan fingerprint density at radius 1 is 1.03 bits per heavy atom. The van der Waals surface area contributed by atoms with Crippen LogP contribution in [0.4, 0.5) is 17.4 Å². The Morgan fingerprint density at radius 2 is 1.75 bits per heavy atom. The average Bonchev–Trinajstić information content (AvgIpc) is 3.29. The first kappa shape index (κ1) is 21.4. The third-order valence-corrected chi connectivity index (χ3v) is 5.68. The number of benzene rings is 2. The number of carboxylic acids is 1. The van der Waals surface area contributed by atoms with E-state index in [1.54, 1.807) is 19.2 Å². The van der Waals surface area contributed by atoms with E-state index in [0.29, 0.717) is 35.9 Å². The first-order valence-corrected chi connectivity index (χ1v) is 10.4. The van der Waals surface area contributed by atoms with Gasteiger partial charge in [-0.05, 0) is 61.4 Å². The second-order valence-electron chi connectivity index (χ2n) is 7.70. The van der Waals surface area contributed by atoms with Gasteiger partial charge in [-0.15, -0.1) is 5.10 Å². The van der Waals surface area contributed by atoms with Gasteiger partial charge in [0.05, 0.1) is 18.7 Å². The van der Waals surface area contributed by atoms with Gasteiger partial charge in [0, 0.05) is 5.69 Å². The Morgan fingerprint density at radius 3 is 2.44 bits per heavy atom. The molecule has 0 spiro atoms. The highest BCUT2D eigenvalue weighted by atomic mass is 16.5. The number of amides is 1. The summed E-state index contributed by atoms with van der Waals surface area (Å²) in [6.45, 7) is 0. The van der Waals surface area contributed by atoms with Gasteiger partial charge < -0.3 is 24.9 Å². The fraction of sp³-hybridized carbons (Fsp3) is 0.304. The zero-order chi connectivity index (χ0) is 22.5. The molecule has 0 radical (unpaired) electrons. The summed E-state index contributed by atoms with van der Waals surface area (Å²) in [6.07, 6.45) is 3.10. The van der Waals surface area contributed by atoms with Crippen LogP contribution < -0.4 is 15.4 Å². The first-order chi connectivity index (χ1) is 15.5. The molecule has 9 nitrogen and oxygen atoms in total. The maximum atomic E-state index is 12.5. The van der Waals surface area contributed by atoms with Gasteiger partial charge in [0.1, 0.15) is 5.75 Å². The maximum absolute atomic E-state index is 12.5. The van der Waals surface area contributed by atoms with Crippen LogP contribution in [0, 0.1) is 5.92 Å². The van der Waals surface area contributed by atoms with Crippen molar-refractivity contribution < 1.29 is 23.8 Å². The Bertz CT molecular complexity index is 1090. The molecule has 1 aliphatic carbocycles. The lowest BCUT2D eigenvalue weighted by Crippen LogP contribution is -2.20. The van der Waals surface area contributed by atoms with Gasteiger partial charge in [0.15, 0.2) is 0 Å². The Kier molecular flexibility index (Phi) is 6.34. The lowest BCUT2D eigenvalue weighted by atomic mass is 9.79. The van der Waals surface area contributed by atoms with E-state index in [9.17, 15) is 9.59 Å². The molecule has 1 aliphatic rings. The van der Waals surface area contributed by atoms with Gasteiger partial charge in [-0.25, -0.2) is 0 Å². The van der Waals surface area contributed by atoms with Crippen LogP contribution in [0.15, 0.2) is 52.9 Å². The first-order valence-electron chi connectivity index (χ1n) is 10.4. The van der Waals surface area contributed by atoms with E-state index in [1.807, 2.05) is 36.4 Å². The number of para-hydroxylation sites is 2. The molecule has 4 rings (SSSR count). The number of nitrogens with one attached hydrogen (secondary N) is 2. The molecule has 2 aromatic carbocycles. The van der Waals surface area contributed by atoms with E-state index >= 15 is 0 Å². The number of rotatable bonds is 7. The maximum Gasteiger partial charge on any atom is 0.320 e. The van der Waals surface area contributed by atoms with E-state index in [1.165, 1.54) is 0 Å². The van der Waals surface area contributed by atoms with Crippen LogP contribution in [0.25, 0.3) is 0 Å². The topological polar surface area (TPSA) is 127 Å². The van der Waals surface area contributed by atoms with Crippen LogP contribution in [-0.2, 0) is 4.79 Å². The number of anilines is 3. The number of carbonyl (C=O) groups excluding carboxylic acids is 1. The fourth-order valence-corrected chi connectivity index (χ4v) is 3.93. The number of hydrogen-bond acceptors (Lipinski definition) is 7. The van der Waals surface area contributed by atoms with Crippen molar-refractivity contribution in [1.82, 2.24) is 10.2 Å². The molecule has 0 unspecified atom stereocenters. The average molecular weight is 436 g/mol. The third kappa shape index (κ3) is 4.88. The minimum absolute atomic E-state index is 0.0759. The van der Waals surface area contributed by atoms with Crippen molar-refractivity contribution in [2.75, 3.05) is 17.7 Å². The van der Waals surface area contributed by atoms with E-state index in [-0.39, 0.29) is 17.8 Å². The smallest absolute Gasteiger partial charge is 0.320 e. The minimum Gasteiger partial charge on any atom is -0.495 e. The van der Waals surface area contributed by atoms with Crippen molar-refractivity contribution in [3.05, 3.63) is 60.0 Å². The molecule has 1 amide bonds. The molecule has 1 aromatic heterocycles. The number of hydrogen-bond donors (Lipinski definition) is 3. The fourth-order valence-electron chi connectivity index (χ4n) is 3.93. The van der Waals surface area contributed by atoms with Crippen molar-refractivity contribution in [1.29, 1.82) is 0 Å². The Labute approximate surface area is 184 Å². The molecule has 3 N–H and O–H groups in total. The number of carbonyl (C=O) groups is 2. The van der Waals surface area contributed by atoms with Gasteiger partial charge in [-0.3, -0.25) is 9.59 Å². The monoisotopic (exact) mass is 436 g/mol. The SMILES string of the molecule is COc1ccccc1Nc1nnc(C(=O)Nc2ccc([C@H]3CC[C@H](C(=O)O)CC3)cc2)o1. The number of methoxy groups -OCH3 is 1. The van der Waals surface area contributed by atoms with Crippen molar-refractivity contribution >= 4 is 29.3 Å². The molecular weight excluding hydrogens is 412 g/mol. The van der Waals surface area contributed by atoms with Gasteiger partial charge >= 0.3 is 23.8 Å². The van der Waals surface area contributed by atoms with Crippen LogP contribution in [-0.4, -0.2) is 34.3 Å². The summed E-state index contributed by atoms with van der Waals surface area (Å²) in [7, 11) is 1.56. The second kappa shape index (κ2) is 9.51. The van der Waals surface area contributed by atoms with Gasteiger partial charge in [0.2, 0.25) is 0 Å². The highest BCUT2D eigenvalue weighted by Crippen LogP contribution is 2.36. The molecule has 1 heterocycles. The molecular formula is C23H24N4O5. The van der Waals surface area contributed by atoms with Crippen molar-refractivity contribution in [2.45, 2.75) is 31.6 Å². The largest absolute Gasteiger partial charge is 0.495 e. The second-order valence-corrected chi connectivity index (χ2v) is 7.70. The van der Waals surface area contributed by atoms with E-state index < -0.39 is 11.9 Å². The van der Waals surface area contributed by atoms with Crippen molar-refractivity contribution in [2.24, 2.45) is 5.92 Å². The third-order valence-electron chi connectivity index (χ3n) is 5.68. The highest BCUT2D eigenvalue weighted by Gasteiger charge is 2.26. The summed E-state index contributed by atoms with van der Waals surface area (Å²) in [5.74, 6) is -0.674. The number of ether oxygens (including phenoxy) is 1. The predicted molar refractivity (Wildman–Crippen MR) is 117 cm³/mol. The summed E-state index contributed by atoms with van der Waals surface area (Å²) in [4.78, 5) is 23.6. The van der Waals surface area contributed by atoms with Crippen molar-refractivity contribution in [3.63, 3.8) is 0 Å². The molecule has 166 valence electrons. The minimum atomic E-state index is -0.705. The highest BCUT2D eigenvalue weighted by molar-refractivity contribution is 6.00. The van der Waals surface area contributed by atoms with Crippen LogP contribution >= 0.6 is 0 Å². The molecule has 1 fully saturated rings. The van der Waals surface area contributed by atoms with Crippen LogP contribution in [0.2, 0.25) is 0 Å².